The monoisotopic (exact) mass is 484 g/mol. The Hall–Kier alpha value is -4.12. The van der Waals surface area contributed by atoms with Gasteiger partial charge in [-0.1, -0.05) is 37.5 Å². The molecule has 8 nitrogen and oxygen atoms in total. The maximum absolute atomic E-state index is 13.5. The first-order valence-corrected chi connectivity index (χ1v) is 12.4. The summed E-state index contributed by atoms with van der Waals surface area (Å²) >= 11 is 0. The summed E-state index contributed by atoms with van der Waals surface area (Å²) in [6, 6.07) is 17.7. The summed E-state index contributed by atoms with van der Waals surface area (Å²) in [5, 5.41) is 15.7. The molecular formula is C28H28N4O4. The number of anilines is 1. The Morgan fingerprint density at radius 1 is 1.06 bits per heavy atom. The number of nitrogens with one attached hydrogen (secondary N) is 2. The van der Waals surface area contributed by atoms with Crippen molar-refractivity contribution >= 4 is 34.3 Å². The number of hydrogen-bond donors (Lipinski definition) is 2. The number of benzene rings is 2. The number of nitrogens with zero attached hydrogens (tertiary/aromatic N) is 2. The van der Waals surface area contributed by atoms with Crippen molar-refractivity contribution in [1.82, 2.24) is 10.6 Å². The van der Waals surface area contributed by atoms with Gasteiger partial charge in [0.05, 0.1) is 24.2 Å². The van der Waals surface area contributed by atoms with Gasteiger partial charge in [-0.15, -0.1) is 0 Å². The zero-order valence-electron chi connectivity index (χ0n) is 20.0. The van der Waals surface area contributed by atoms with Crippen molar-refractivity contribution < 1.29 is 18.8 Å². The highest BCUT2D eigenvalue weighted by atomic mass is 16.3. The second-order valence-corrected chi connectivity index (χ2v) is 9.61. The molecule has 1 atom stereocenters. The number of amides is 2. The molecule has 2 N–H and O–H groups in total. The summed E-state index contributed by atoms with van der Waals surface area (Å²) in [5.41, 5.74) is 0.979. The van der Waals surface area contributed by atoms with E-state index in [1.54, 1.807) is 24.3 Å². The molecule has 2 heterocycles. The molecule has 5 rings (SSSR count). The third kappa shape index (κ3) is 4.69. The van der Waals surface area contributed by atoms with Crippen LogP contribution in [0.1, 0.15) is 54.6 Å². The van der Waals surface area contributed by atoms with Crippen LogP contribution < -0.4 is 15.5 Å². The number of carbonyl (C=O) groups excluding carboxylic acids is 3. The van der Waals surface area contributed by atoms with E-state index >= 15 is 0 Å². The predicted octanol–water partition coefficient (Wildman–Crippen LogP) is 3.70. The van der Waals surface area contributed by atoms with Crippen LogP contribution in [0.4, 0.5) is 5.69 Å². The Balaban J connectivity index is 1.27. The number of hydrogen-bond acceptors (Lipinski definition) is 6. The lowest BCUT2D eigenvalue weighted by atomic mass is 9.80. The summed E-state index contributed by atoms with van der Waals surface area (Å²) in [6.45, 7) is 0.774. The topological polar surface area (TPSA) is 115 Å². The van der Waals surface area contributed by atoms with E-state index in [1.165, 1.54) is 0 Å². The molecule has 1 unspecified atom stereocenters. The van der Waals surface area contributed by atoms with Crippen molar-refractivity contribution in [3.05, 3.63) is 65.9 Å². The molecule has 0 bridgehead atoms. The lowest BCUT2D eigenvalue weighted by molar-refractivity contribution is -0.133. The van der Waals surface area contributed by atoms with Gasteiger partial charge in [-0.25, -0.2) is 0 Å². The number of furan rings is 1. The first-order chi connectivity index (χ1) is 17.5. The summed E-state index contributed by atoms with van der Waals surface area (Å²) in [7, 11) is 0. The third-order valence-electron chi connectivity index (χ3n) is 7.23. The molecule has 1 aliphatic heterocycles. The van der Waals surface area contributed by atoms with Crippen molar-refractivity contribution in [3.63, 3.8) is 0 Å². The molecule has 1 aliphatic carbocycles. The van der Waals surface area contributed by atoms with Crippen LogP contribution in [0.15, 0.2) is 59.0 Å². The Labute approximate surface area is 209 Å². The van der Waals surface area contributed by atoms with Crippen LogP contribution in [-0.2, 0) is 9.59 Å². The third-order valence-corrected chi connectivity index (χ3v) is 7.23. The van der Waals surface area contributed by atoms with Crippen LogP contribution in [0, 0.1) is 11.3 Å². The minimum atomic E-state index is -1.07. The molecule has 1 aromatic heterocycles. The Morgan fingerprint density at radius 2 is 1.81 bits per heavy atom. The first-order valence-electron chi connectivity index (χ1n) is 12.4. The quantitative estimate of drug-likeness (QED) is 0.571. The summed E-state index contributed by atoms with van der Waals surface area (Å²) < 4.78 is 5.71. The number of nitriles is 1. The molecule has 184 valence electrons. The van der Waals surface area contributed by atoms with Crippen molar-refractivity contribution in [3.8, 4) is 6.07 Å². The predicted molar refractivity (Wildman–Crippen MR) is 134 cm³/mol. The number of piperidine rings is 1. The fourth-order valence-electron chi connectivity index (χ4n) is 5.18. The van der Waals surface area contributed by atoms with E-state index in [4.69, 9.17) is 9.68 Å². The summed E-state index contributed by atoms with van der Waals surface area (Å²) in [5.74, 6) is -0.642. The lowest BCUT2D eigenvalue weighted by Gasteiger charge is -2.39. The normalized spacial score (nSPS) is 19.5. The van der Waals surface area contributed by atoms with Crippen LogP contribution in [0.25, 0.3) is 11.0 Å². The number of Topliss-reactive ketones (excluding diaryl/α,β-unsaturated/α-hetero) is 1. The van der Waals surface area contributed by atoms with E-state index < -0.39 is 17.5 Å². The van der Waals surface area contributed by atoms with Crippen molar-refractivity contribution in [2.24, 2.45) is 0 Å². The molecule has 0 radical (unpaired) electrons. The highest BCUT2D eigenvalue weighted by molar-refractivity contribution is 6.01. The highest BCUT2D eigenvalue weighted by Gasteiger charge is 2.43. The van der Waals surface area contributed by atoms with Crippen LogP contribution in [-0.4, -0.2) is 42.3 Å². The second kappa shape index (κ2) is 9.86. The number of carbonyl (C=O) groups is 3. The summed E-state index contributed by atoms with van der Waals surface area (Å²) in [6.07, 6.45) is 4.14. The maximum Gasteiger partial charge on any atom is 0.287 e. The highest BCUT2D eigenvalue weighted by Crippen LogP contribution is 2.30. The number of rotatable bonds is 5. The Kier molecular flexibility index (Phi) is 6.47. The van der Waals surface area contributed by atoms with Crippen molar-refractivity contribution in [2.45, 2.75) is 50.1 Å². The van der Waals surface area contributed by atoms with E-state index in [-0.39, 0.29) is 24.0 Å². The largest absolute Gasteiger partial charge is 0.451 e. The second-order valence-electron chi connectivity index (χ2n) is 9.61. The van der Waals surface area contributed by atoms with Crippen molar-refractivity contribution in [2.75, 3.05) is 18.0 Å². The standard InChI is InChI=1S/C28H28N4O4/c29-17-19-8-10-21(11-9-19)32-15-12-22(23(33)18-32)30-27(35)28(13-4-1-5-14-28)31-26(34)25-16-20-6-2-3-7-24(20)36-25/h2-3,6-11,16,22H,1,4-5,12-15,18H2,(H,30,35)(H,31,34). The van der Waals surface area contributed by atoms with Crippen LogP contribution in [0.3, 0.4) is 0 Å². The van der Waals surface area contributed by atoms with Gasteiger partial charge in [-0.3, -0.25) is 14.4 Å². The van der Waals surface area contributed by atoms with Crippen LogP contribution in [0.2, 0.25) is 0 Å². The van der Waals surface area contributed by atoms with Gasteiger partial charge in [0.1, 0.15) is 11.1 Å². The SMILES string of the molecule is N#Cc1ccc(N2CCC(NC(=O)C3(NC(=O)c4cc5ccccc5o4)CCCCC3)C(=O)C2)cc1. The van der Waals surface area contributed by atoms with E-state index in [0.717, 1.165) is 30.3 Å². The zero-order valence-corrected chi connectivity index (χ0v) is 20.0. The first kappa shape index (κ1) is 23.6. The van der Waals surface area contributed by atoms with E-state index in [1.807, 2.05) is 35.2 Å². The number of para-hydroxylation sites is 1. The molecule has 3 aromatic rings. The Bertz CT molecular complexity index is 1300. The van der Waals surface area contributed by atoms with Gasteiger partial charge in [0.25, 0.3) is 5.91 Å². The molecule has 1 saturated heterocycles. The van der Waals surface area contributed by atoms with Gasteiger partial charge in [-0.05, 0) is 55.7 Å². The van der Waals surface area contributed by atoms with E-state index in [9.17, 15) is 14.4 Å². The van der Waals surface area contributed by atoms with E-state index in [0.29, 0.717) is 37.0 Å². The average Bonchev–Trinajstić information content (AvgIpc) is 3.35. The van der Waals surface area contributed by atoms with Gasteiger partial charge in [0, 0.05) is 17.6 Å². The average molecular weight is 485 g/mol. The van der Waals surface area contributed by atoms with Gasteiger partial charge in [-0.2, -0.15) is 5.26 Å². The van der Waals surface area contributed by atoms with Gasteiger partial charge < -0.3 is 20.0 Å². The van der Waals surface area contributed by atoms with Gasteiger partial charge in [0.15, 0.2) is 11.5 Å². The molecule has 8 heteroatoms. The zero-order chi connectivity index (χ0) is 25.1. The number of ketones is 1. The van der Waals surface area contributed by atoms with E-state index in [2.05, 4.69) is 16.7 Å². The molecule has 1 saturated carbocycles. The molecule has 2 aliphatic rings. The molecule has 0 spiro atoms. The smallest absolute Gasteiger partial charge is 0.287 e. The molecule has 2 amide bonds. The van der Waals surface area contributed by atoms with Gasteiger partial charge >= 0.3 is 0 Å². The van der Waals surface area contributed by atoms with Crippen LogP contribution >= 0.6 is 0 Å². The maximum atomic E-state index is 13.5. The number of fused-ring (bicyclic) bond motifs is 1. The minimum absolute atomic E-state index is 0.0754. The molecular weight excluding hydrogens is 456 g/mol. The summed E-state index contributed by atoms with van der Waals surface area (Å²) in [4.78, 5) is 41.6. The van der Waals surface area contributed by atoms with Gasteiger partial charge in [0.2, 0.25) is 5.91 Å². The molecule has 2 aromatic carbocycles. The van der Waals surface area contributed by atoms with Crippen molar-refractivity contribution in [1.29, 1.82) is 5.26 Å². The Morgan fingerprint density at radius 3 is 2.50 bits per heavy atom. The lowest BCUT2D eigenvalue weighted by Crippen LogP contribution is -2.63. The fraction of sp³-hybridized carbons (Fsp3) is 0.357. The molecule has 36 heavy (non-hydrogen) atoms. The van der Waals surface area contributed by atoms with Crippen LogP contribution in [0.5, 0.6) is 0 Å². The fourth-order valence-corrected chi connectivity index (χ4v) is 5.18. The minimum Gasteiger partial charge on any atom is -0.451 e. The molecule has 2 fully saturated rings.